The highest BCUT2D eigenvalue weighted by atomic mass is 19.1. The SMILES string of the molecule is COc1cc2c(cc1OC)C(CC(=O)O)N(C(=O)c1cc(F)ccc1F)CC2. The molecule has 1 atom stereocenters. The van der Waals surface area contributed by atoms with Crippen LogP contribution in [-0.4, -0.2) is 42.6 Å². The summed E-state index contributed by atoms with van der Waals surface area (Å²) < 4.78 is 38.2. The monoisotopic (exact) mass is 391 g/mol. The average molecular weight is 391 g/mol. The van der Waals surface area contributed by atoms with Crippen LogP contribution in [0.5, 0.6) is 11.5 Å². The summed E-state index contributed by atoms with van der Waals surface area (Å²) in [6, 6.07) is 5.14. The van der Waals surface area contributed by atoms with Crippen LogP contribution in [0.3, 0.4) is 0 Å². The third-order valence-electron chi connectivity index (χ3n) is 4.79. The summed E-state index contributed by atoms with van der Waals surface area (Å²) in [6.45, 7) is 0.162. The van der Waals surface area contributed by atoms with Crippen molar-refractivity contribution in [2.24, 2.45) is 0 Å². The number of amides is 1. The number of aliphatic carboxylic acids is 1. The van der Waals surface area contributed by atoms with Crippen molar-refractivity contribution < 1.29 is 33.0 Å². The number of benzene rings is 2. The molecule has 1 unspecified atom stereocenters. The standard InChI is InChI=1S/C20H19F2NO5/c1-27-17-7-11-5-6-23(20(26)14-8-12(21)3-4-15(14)22)16(10-19(24)25)13(11)9-18(17)28-2/h3-4,7-9,16H,5-6,10H2,1-2H3,(H,24,25). The third kappa shape index (κ3) is 3.62. The molecule has 6 nitrogen and oxygen atoms in total. The first-order chi connectivity index (χ1) is 13.3. The van der Waals surface area contributed by atoms with Crippen molar-refractivity contribution >= 4 is 11.9 Å². The van der Waals surface area contributed by atoms with Crippen LogP contribution < -0.4 is 9.47 Å². The van der Waals surface area contributed by atoms with Gasteiger partial charge < -0.3 is 19.5 Å². The molecule has 0 aromatic heterocycles. The van der Waals surface area contributed by atoms with Gasteiger partial charge in [0.15, 0.2) is 11.5 Å². The quantitative estimate of drug-likeness (QED) is 0.847. The molecule has 1 amide bonds. The summed E-state index contributed by atoms with van der Waals surface area (Å²) in [5.41, 5.74) is 0.962. The van der Waals surface area contributed by atoms with Gasteiger partial charge in [-0.1, -0.05) is 0 Å². The number of fused-ring (bicyclic) bond motifs is 1. The molecule has 0 saturated carbocycles. The molecule has 148 valence electrons. The predicted octanol–water partition coefficient (Wildman–Crippen LogP) is 3.20. The van der Waals surface area contributed by atoms with Gasteiger partial charge >= 0.3 is 5.97 Å². The Labute approximate surface area is 160 Å². The maximum Gasteiger partial charge on any atom is 0.305 e. The maximum absolute atomic E-state index is 14.1. The van der Waals surface area contributed by atoms with Crippen LogP contribution in [0.15, 0.2) is 30.3 Å². The van der Waals surface area contributed by atoms with Crippen molar-refractivity contribution in [3.8, 4) is 11.5 Å². The summed E-state index contributed by atoms with van der Waals surface area (Å²) in [5, 5.41) is 9.36. The number of carbonyl (C=O) groups excluding carboxylic acids is 1. The summed E-state index contributed by atoms with van der Waals surface area (Å²) in [4.78, 5) is 25.6. The Morgan fingerprint density at radius 3 is 2.46 bits per heavy atom. The molecule has 28 heavy (non-hydrogen) atoms. The molecule has 1 aliphatic rings. The minimum atomic E-state index is -1.12. The molecule has 1 aliphatic heterocycles. The van der Waals surface area contributed by atoms with E-state index in [0.29, 0.717) is 23.5 Å². The Morgan fingerprint density at radius 1 is 1.14 bits per heavy atom. The van der Waals surface area contributed by atoms with Gasteiger partial charge in [0, 0.05) is 6.54 Å². The first-order valence-corrected chi connectivity index (χ1v) is 8.58. The van der Waals surface area contributed by atoms with Gasteiger partial charge in [-0.05, 0) is 47.9 Å². The van der Waals surface area contributed by atoms with Gasteiger partial charge in [0.2, 0.25) is 0 Å². The van der Waals surface area contributed by atoms with E-state index in [1.807, 2.05) is 0 Å². The lowest BCUT2D eigenvalue weighted by atomic mass is 9.89. The van der Waals surface area contributed by atoms with Crippen LogP contribution in [0.4, 0.5) is 8.78 Å². The molecule has 0 fully saturated rings. The fraction of sp³-hybridized carbons (Fsp3) is 0.300. The van der Waals surface area contributed by atoms with Crippen LogP contribution in [0.1, 0.15) is 33.9 Å². The van der Waals surface area contributed by atoms with Gasteiger partial charge in [0.05, 0.1) is 32.2 Å². The van der Waals surface area contributed by atoms with Crippen molar-refractivity contribution in [3.05, 3.63) is 58.7 Å². The largest absolute Gasteiger partial charge is 0.493 e. The summed E-state index contributed by atoms with van der Waals surface area (Å²) in [5.74, 6) is -2.61. The van der Waals surface area contributed by atoms with Gasteiger partial charge in [-0.25, -0.2) is 8.78 Å². The molecular weight excluding hydrogens is 372 g/mol. The second-order valence-corrected chi connectivity index (χ2v) is 6.39. The number of nitrogens with zero attached hydrogens (tertiary/aromatic N) is 1. The third-order valence-corrected chi connectivity index (χ3v) is 4.79. The molecule has 0 spiro atoms. The van der Waals surface area contributed by atoms with Crippen molar-refractivity contribution in [2.75, 3.05) is 20.8 Å². The molecule has 0 aliphatic carbocycles. The number of carboxylic acid groups (broad SMARTS) is 1. The number of hydrogen-bond acceptors (Lipinski definition) is 4. The molecule has 2 aromatic carbocycles. The minimum Gasteiger partial charge on any atom is -0.493 e. The highest BCUT2D eigenvalue weighted by Crippen LogP contribution is 2.40. The van der Waals surface area contributed by atoms with E-state index in [1.165, 1.54) is 19.1 Å². The minimum absolute atomic E-state index is 0.162. The molecule has 0 saturated heterocycles. The van der Waals surface area contributed by atoms with Crippen molar-refractivity contribution in [2.45, 2.75) is 18.9 Å². The molecule has 2 aromatic rings. The van der Waals surface area contributed by atoms with Crippen LogP contribution in [0.2, 0.25) is 0 Å². The van der Waals surface area contributed by atoms with Crippen molar-refractivity contribution in [3.63, 3.8) is 0 Å². The van der Waals surface area contributed by atoms with Crippen molar-refractivity contribution in [1.29, 1.82) is 0 Å². The van der Waals surface area contributed by atoms with E-state index in [4.69, 9.17) is 9.47 Å². The molecule has 8 heteroatoms. The van der Waals surface area contributed by atoms with Crippen LogP contribution in [0, 0.1) is 11.6 Å². The van der Waals surface area contributed by atoms with E-state index in [9.17, 15) is 23.5 Å². The average Bonchev–Trinajstić information content (AvgIpc) is 2.68. The van der Waals surface area contributed by atoms with Gasteiger partial charge in [0.25, 0.3) is 5.91 Å². The van der Waals surface area contributed by atoms with Crippen molar-refractivity contribution in [1.82, 2.24) is 4.90 Å². The van der Waals surface area contributed by atoms with Gasteiger partial charge in [-0.2, -0.15) is 0 Å². The topological polar surface area (TPSA) is 76.1 Å². The second kappa shape index (κ2) is 7.84. The Kier molecular flexibility index (Phi) is 5.48. The lowest BCUT2D eigenvalue weighted by molar-refractivity contribution is -0.138. The van der Waals surface area contributed by atoms with Crippen LogP contribution in [-0.2, 0) is 11.2 Å². The predicted molar refractivity (Wildman–Crippen MR) is 95.6 cm³/mol. The molecule has 1 N–H and O–H groups in total. The fourth-order valence-electron chi connectivity index (χ4n) is 3.47. The normalized spacial score (nSPS) is 15.7. The number of halogens is 2. The smallest absolute Gasteiger partial charge is 0.305 e. The molecule has 0 bridgehead atoms. The Morgan fingerprint density at radius 2 is 1.82 bits per heavy atom. The lowest BCUT2D eigenvalue weighted by Gasteiger charge is -2.37. The molecule has 3 rings (SSSR count). The number of hydrogen-bond donors (Lipinski definition) is 1. The highest BCUT2D eigenvalue weighted by molar-refractivity contribution is 5.95. The van der Waals surface area contributed by atoms with E-state index in [1.54, 1.807) is 12.1 Å². The van der Waals surface area contributed by atoms with Crippen LogP contribution in [0.25, 0.3) is 0 Å². The van der Waals surface area contributed by atoms with E-state index >= 15 is 0 Å². The van der Waals surface area contributed by atoms with E-state index in [2.05, 4.69) is 0 Å². The lowest BCUT2D eigenvalue weighted by Crippen LogP contribution is -2.41. The van der Waals surface area contributed by atoms with E-state index in [0.717, 1.165) is 23.8 Å². The Hall–Kier alpha value is -3.16. The zero-order valence-corrected chi connectivity index (χ0v) is 15.4. The van der Waals surface area contributed by atoms with E-state index in [-0.39, 0.29) is 13.0 Å². The number of rotatable bonds is 5. The zero-order valence-electron chi connectivity index (χ0n) is 15.4. The summed E-state index contributed by atoms with van der Waals surface area (Å²) in [7, 11) is 2.94. The van der Waals surface area contributed by atoms with Gasteiger partial charge in [-0.15, -0.1) is 0 Å². The number of methoxy groups -OCH3 is 2. The second-order valence-electron chi connectivity index (χ2n) is 6.39. The summed E-state index contributed by atoms with van der Waals surface area (Å²) >= 11 is 0. The number of ether oxygens (including phenoxy) is 2. The molecule has 0 radical (unpaired) electrons. The maximum atomic E-state index is 14.1. The van der Waals surface area contributed by atoms with E-state index < -0.39 is 35.1 Å². The zero-order chi connectivity index (χ0) is 20.4. The first-order valence-electron chi connectivity index (χ1n) is 8.58. The number of carboxylic acids is 1. The Bertz CT molecular complexity index is 931. The molecular formula is C20H19F2NO5. The summed E-state index contributed by atoms with van der Waals surface area (Å²) in [6.07, 6.45) is 0.0274. The molecule has 1 heterocycles. The number of carbonyl (C=O) groups is 2. The van der Waals surface area contributed by atoms with Gasteiger partial charge in [0.1, 0.15) is 11.6 Å². The fourth-order valence-corrected chi connectivity index (χ4v) is 3.47. The Balaban J connectivity index is 2.07. The first kappa shape index (κ1) is 19.6. The van der Waals surface area contributed by atoms with Crippen LogP contribution >= 0.6 is 0 Å². The van der Waals surface area contributed by atoms with Gasteiger partial charge in [-0.3, -0.25) is 9.59 Å². The highest BCUT2D eigenvalue weighted by Gasteiger charge is 2.35.